The molecule has 2 amide bonds. The molecular weight excluding hydrogens is 344 g/mol. The molecule has 1 unspecified atom stereocenters. The molecular formula is C21H26N2O4. The summed E-state index contributed by atoms with van der Waals surface area (Å²) in [7, 11) is 1.62. The average Bonchev–Trinajstić information content (AvgIpc) is 2.70. The van der Waals surface area contributed by atoms with Gasteiger partial charge in [-0.3, -0.25) is 0 Å². The highest BCUT2D eigenvalue weighted by Gasteiger charge is 2.13. The van der Waals surface area contributed by atoms with Crippen molar-refractivity contribution in [2.45, 2.75) is 19.3 Å². The normalized spacial score (nSPS) is 16.4. The molecule has 27 heavy (non-hydrogen) atoms. The van der Waals surface area contributed by atoms with E-state index in [1.165, 1.54) is 6.42 Å². The minimum Gasteiger partial charge on any atom is -0.497 e. The van der Waals surface area contributed by atoms with Gasteiger partial charge in [0, 0.05) is 31.5 Å². The molecule has 6 nitrogen and oxygen atoms in total. The summed E-state index contributed by atoms with van der Waals surface area (Å²) in [4.78, 5) is 12.0. The van der Waals surface area contributed by atoms with Crippen LogP contribution in [0.5, 0.6) is 17.2 Å². The number of rotatable bonds is 7. The lowest BCUT2D eigenvalue weighted by molar-refractivity contribution is 0.0520. The number of hydrogen-bond acceptors (Lipinski definition) is 4. The number of ether oxygens (including phenoxy) is 3. The number of carbonyl (C=O) groups excluding carboxylic acids is 1. The van der Waals surface area contributed by atoms with Gasteiger partial charge in [-0.05, 0) is 61.6 Å². The second-order valence-corrected chi connectivity index (χ2v) is 6.56. The summed E-state index contributed by atoms with van der Waals surface area (Å²) in [6.45, 7) is 2.32. The van der Waals surface area contributed by atoms with E-state index in [0.29, 0.717) is 29.6 Å². The summed E-state index contributed by atoms with van der Waals surface area (Å²) in [6, 6.07) is 14.5. The highest BCUT2D eigenvalue weighted by atomic mass is 16.5. The maximum Gasteiger partial charge on any atom is 0.319 e. The van der Waals surface area contributed by atoms with E-state index in [1.807, 2.05) is 48.5 Å². The number of benzene rings is 2. The molecule has 2 aromatic carbocycles. The van der Waals surface area contributed by atoms with Gasteiger partial charge in [0.25, 0.3) is 0 Å². The first-order chi connectivity index (χ1) is 13.2. The second kappa shape index (κ2) is 9.83. The highest BCUT2D eigenvalue weighted by Crippen LogP contribution is 2.26. The van der Waals surface area contributed by atoms with Gasteiger partial charge >= 0.3 is 6.03 Å². The predicted molar refractivity (Wildman–Crippen MR) is 105 cm³/mol. The lowest BCUT2D eigenvalue weighted by Gasteiger charge is -2.21. The number of urea groups is 1. The predicted octanol–water partition coefficient (Wildman–Crippen LogP) is 4.43. The van der Waals surface area contributed by atoms with Crippen LogP contribution in [0, 0.1) is 5.92 Å². The summed E-state index contributed by atoms with van der Waals surface area (Å²) in [5.74, 6) is 2.67. The van der Waals surface area contributed by atoms with E-state index >= 15 is 0 Å². The summed E-state index contributed by atoms with van der Waals surface area (Å²) in [5, 5.41) is 5.73. The third kappa shape index (κ3) is 6.18. The van der Waals surface area contributed by atoms with E-state index < -0.39 is 0 Å². The van der Waals surface area contributed by atoms with Gasteiger partial charge in [0.2, 0.25) is 0 Å². The van der Waals surface area contributed by atoms with Crippen LogP contribution < -0.4 is 20.1 Å². The van der Waals surface area contributed by atoms with Crippen molar-refractivity contribution in [3.05, 3.63) is 48.5 Å². The third-order valence-corrected chi connectivity index (χ3v) is 4.48. The Balaban J connectivity index is 1.43. The highest BCUT2D eigenvalue weighted by molar-refractivity contribution is 5.89. The van der Waals surface area contributed by atoms with Crippen molar-refractivity contribution >= 4 is 11.7 Å². The molecule has 0 aliphatic carbocycles. The van der Waals surface area contributed by atoms with Crippen LogP contribution in [0.3, 0.4) is 0 Å². The number of carbonyl (C=O) groups is 1. The molecule has 2 N–H and O–H groups in total. The van der Waals surface area contributed by atoms with E-state index in [9.17, 15) is 4.79 Å². The summed E-state index contributed by atoms with van der Waals surface area (Å²) in [5.41, 5.74) is 0.714. The van der Waals surface area contributed by atoms with Crippen molar-refractivity contribution in [2.75, 3.05) is 32.2 Å². The summed E-state index contributed by atoms with van der Waals surface area (Å²) < 4.78 is 16.4. The fourth-order valence-electron chi connectivity index (χ4n) is 3.01. The minimum absolute atomic E-state index is 0.201. The van der Waals surface area contributed by atoms with Gasteiger partial charge in [0.05, 0.1) is 7.11 Å². The van der Waals surface area contributed by atoms with Crippen LogP contribution in [0.4, 0.5) is 10.5 Å². The molecule has 1 heterocycles. The van der Waals surface area contributed by atoms with Crippen molar-refractivity contribution in [3.8, 4) is 17.2 Å². The van der Waals surface area contributed by atoms with Crippen LogP contribution >= 0.6 is 0 Å². The lowest BCUT2D eigenvalue weighted by Crippen LogP contribution is -2.31. The van der Waals surface area contributed by atoms with Gasteiger partial charge in [0.15, 0.2) is 0 Å². The van der Waals surface area contributed by atoms with Crippen molar-refractivity contribution in [2.24, 2.45) is 5.92 Å². The standard InChI is InChI=1S/C21H26N2O4/c1-25-19-5-2-6-20(14-19)27-18-9-7-17(8-10-18)23-21(24)22-12-11-16-4-3-13-26-15-16/h2,5-10,14,16H,3-4,11-13,15H2,1H3,(H2,22,23,24). The molecule has 1 atom stereocenters. The maximum atomic E-state index is 12.0. The van der Waals surface area contributed by atoms with Crippen LogP contribution in [0.2, 0.25) is 0 Å². The number of amides is 2. The zero-order valence-electron chi connectivity index (χ0n) is 15.6. The Morgan fingerprint density at radius 1 is 1.15 bits per heavy atom. The van der Waals surface area contributed by atoms with E-state index in [4.69, 9.17) is 14.2 Å². The SMILES string of the molecule is COc1cccc(Oc2ccc(NC(=O)NCCC3CCCOC3)cc2)c1. The molecule has 0 spiro atoms. The topological polar surface area (TPSA) is 68.8 Å². The monoisotopic (exact) mass is 370 g/mol. The van der Waals surface area contributed by atoms with E-state index in [2.05, 4.69) is 10.6 Å². The molecule has 0 radical (unpaired) electrons. The quantitative estimate of drug-likeness (QED) is 0.757. The summed E-state index contributed by atoms with van der Waals surface area (Å²) >= 11 is 0. The first-order valence-corrected chi connectivity index (χ1v) is 9.27. The smallest absolute Gasteiger partial charge is 0.319 e. The van der Waals surface area contributed by atoms with Crippen molar-refractivity contribution in [3.63, 3.8) is 0 Å². The van der Waals surface area contributed by atoms with E-state index in [1.54, 1.807) is 7.11 Å². The zero-order chi connectivity index (χ0) is 18.9. The van der Waals surface area contributed by atoms with Crippen LogP contribution in [0.25, 0.3) is 0 Å². The van der Waals surface area contributed by atoms with Crippen LogP contribution in [-0.2, 0) is 4.74 Å². The van der Waals surface area contributed by atoms with Crippen molar-refractivity contribution in [1.82, 2.24) is 5.32 Å². The lowest BCUT2D eigenvalue weighted by atomic mass is 9.99. The Kier molecular flexibility index (Phi) is 6.93. The molecule has 0 bridgehead atoms. The molecule has 0 saturated carbocycles. The van der Waals surface area contributed by atoms with E-state index in [0.717, 1.165) is 31.8 Å². The molecule has 6 heteroatoms. The number of hydrogen-bond donors (Lipinski definition) is 2. The largest absolute Gasteiger partial charge is 0.497 e. The van der Waals surface area contributed by atoms with Crippen LogP contribution in [0.15, 0.2) is 48.5 Å². The zero-order valence-corrected chi connectivity index (χ0v) is 15.6. The van der Waals surface area contributed by atoms with Gasteiger partial charge in [-0.1, -0.05) is 6.07 Å². The Labute approximate surface area is 159 Å². The number of anilines is 1. The van der Waals surface area contributed by atoms with E-state index in [-0.39, 0.29) is 6.03 Å². The molecule has 3 rings (SSSR count). The summed E-state index contributed by atoms with van der Waals surface area (Å²) in [6.07, 6.45) is 3.24. The van der Waals surface area contributed by atoms with Gasteiger partial charge in [-0.2, -0.15) is 0 Å². The Hall–Kier alpha value is -2.73. The first kappa shape index (κ1) is 19.0. The maximum absolute atomic E-state index is 12.0. The Morgan fingerprint density at radius 2 is 1.96 bits per heavy atom. The van der Waals surface area contributed by atoms with Gasteiger partial charge < -0.3 is 24.8 Å². The van der Waals surface area contributed by atoms with Crippen molar-refractivity contribution in [1.29, 1.82) is 0 Å². The number of nitrogens with one attached hydrogen (secondary N) is 2. The molecule has 1 aliphatic heterocycles. The molecule has 0 aromatic heterocycles. The fraction of sp³-hybridized carbons (Fsp3) is 0.381. The van der Waals surface area contributed by atoms with Gasteiger partial charge in [0.1, 0.15) is 17.2 Å². The minimum atomic E-state index is -0.201. The van der Waals surface area contributed by atoms with Gasteiger partial charge in [-0.15, -0.1) is 0 Å². The molecule has 1 aliphatic rings. The Bertz CT molecular complexity index is 727. The van der Waals surface area contributed by atoms with Crippen LogP contribution in [-0.4, -0.2) is 32.9 Å². The average molecular weight is 370 g/mol. The van der Waals surface area contributed by atoms with Crippen molar-refractivity contribution < 1.29 is 19.0 Å². The van der Waals surface area contributed by atoms with Gasteiger partial charge in [-0.25, -0.2) is 4.79 Å². The number of methoxy groups -OCH3 is 1. The Morgan fingerprint density at radius 3 is 2.70 bits per heavy atom. The first-order valence-electron chi connectivity index (χ1n) is 9.27. The molecule has 1 fully saturated rings. The third-order valence-electron chi connectivity index (χ3n) is 4.48. The van der Waals surface area contributed by atoms with Crippen LogP contribution in [0.1, 0.15) is 19.3 Å². The molecule has 2 aromatic rings. The molecule has 1 saturated heterocycles. The second-order valence-electron chi connectivity index (χ2n) is 6.56. The molecule has 144 valence electrons. The fourth-order valence-corrected chi connectivity index (χ4v) is 3.01.